The van der Waals surface area contributed by atoms with E-state index in [1.54, 1.807) is 18.2 Å². The lowest BCUT2D eigenvalue weighted by atomic mass is 10.1. The van der Waals surface area contributed by atoms with Crippen LogP contribution in [0.25, 0.3) is 6.08 Å². The number of nitrogens with zero attached hydrogens (tertiary/aromatic N) is 1. The number of halogens is 3. The Balaban J connectivity index is 2.09. The van der Waals surface area contributed by atoms with Crippen molar-refractivity contribution in [3.63, 3.8) is 0 Å². The molecular formula is C18H11Br2ClN2O4. The number of barbiturate groups is 1. The maximum absolute atomic E-state index is 12.9. The van der Waals surface area contributed by atoms with Gasteiger partial charge < -0.3 is 5.11 Å². The van der Waals surface area contributed by atoms with Gasteiger partial charge in [-0.25, -0.2) is 9.69 Å². The van der Waals surface area contributed by atoms with Gasteiger partial charge in [0.1, 0.15) is 11.3 Å². The van der Waals surface area contributed by atoms with Gasteiger partial charge in [-0.3, -0.25) is 14.9 Å². The molecule has 1 fully saturated rings. The zero-order chi connectivity index (χ0) is 19.9. The molecule has 2 aromatic carbocycles. The monoisotopic (exact) mass is 512 g/mol. The molecule has 138 valence electrons. The molecule has 6 nitrogen and oxygen atoms in total. The van der Waals surface area contributed by atoms with Crippen molar-refractivity contribution in [3.8, 4) is 5.75 Å². The van der Waals surface area contributed by atoms with Gasteiger partial charge in [0.15, 0.2) is 0 Å². The first kappa shape index (κ1) is 19.6. The molecule has 2 N–H and O–H groups in total. The topological polar surface area (TPSA) is 86.7 Å². The normalized spacial score (nSPS) is 16.1. The summed E-state index contributed by atoms with van der Waals surface area (Å²) in [5.74, 6) is -1.94. The van der Waals surface area contributed by atoms with E-state index in [4.69, 9.17) is 11.6 Å². The van der Waals surface area contributed by atoms with Crippen LogP contribution in [0.2, 0.25) is 5.02 Å². The van der Waals surface area contributed by atoms with Crippen LogP contribution in [0.3, 0.4) is 0 Å². The smallest absolute Gasteiger partial charge is 0.335 e. The predicted molar refractivity (Wildman–Crippen MR) is 109 cm³/mol. The van der Waals surface area contributed by atoms with E-state index < -0.39 is 17.8 Å². The van der Waals surface area contributed by atoms with Gasteiger partial charge in [0.05, 0.1) is 10.7 Å². The first-order chi connectivity index (χ1) is 12.7. The number of anilines is 1. The van der Waals surface area contributed by atoms with Crippen LogP contribution in [0.1, 0.15) is 11.1 Å². The molecule has 9 heteroatoms. The van der Waals surface area contributed by atoms with Gasteiger partial charge in [0.2, 0.25) is 0 Å². The number of carbonyl (C=O) groups is 3. The minimum absolute atomic E-state index is 0.0522. The average Bonchev–Trinajstić information content (AvgIpc) is 2.58. The zero-order valence-corrected chi connectivity index (χ0v) is 17.6. The van der Waals surface area contributed by atoms with Crippen molar-refractivity contribution in [2.75, 3.05) is 4.90 Å². The molecule has 1 aliphatic rings. The van der Waals surface area contributed by atoms with E-state index in [-0.39, 0.29) is 21.9 Å². The van der Waals surface area contributed by atoms with Gasteiger partial charge in [0.25, 0.3) is 11.8 Å². The average molecular weight is 515 g/mol. The van der Waals surface area contributed by atoms with Crippen LogP contribution in [0, 0.1) is 6.92 Å². The van der Waals surface area contributed by atoms with Crippen molar-refractivity contribution in [1.82, 2.24) is 5.32 Å². The lowest BCUT2D eigenvalue weighted by Crippen LogP contribution is -2.54. The van der Waals surface area contributed by atoms with Crippen molar-refractivity contribution in [1.29, 1.82) is 0 Å². The third-order valence-corrected chi connectivity index (χ3v) is 5.49. The fourth-order valence-electron chi connectivity index (χ4n) is 2.51. The molecular weight excluding hydrogens is 503 g/mol. The first-order valence-electron chi connectivity index (χ1n) is 7.54. The van der Waals surface area contributed by atoms with E-state index in [9.17, 15) is 19.5 Å². The second kappa shape index (κ2) is 7.46. The largest absolute Gasteiger partial charge is 0.506 e. The molecule has 0 atom stereocenters. The van der Waals surface area contributed by atoms with Gasteiger partial charge in [-0.1, -0.05) is 43.5 Å². The number of phenolic OH excluding ortho intramolecular Hbond substituents is 1. The second-order valence-electron chi connectivity index (χ2n) is 5.72. The van der Waals surface area contributed by atoms with E-state index in [1.807, 2.05) is 6.92 Å². The van der Waals surface area contributed by atoms with E-state index >= 15 is 0 Å². The van der Waals surface area contributed by atoms with E-state index in [0.29, 0.717) is 10.2 Å². The van der Waals surface area contributed by atoms with Gasteiger partial charge >= 0.3 is 6.03 Å². The molecule has 0 saturated carbocycles. The highest BCUT2D eigenvalue weighted by molar-refractivity contribution is 9.10. The number of hydrogen-bond donors (Lipinski definition) is 2. The fraction of sp³-hybridized carbons (Fsp3) is 0.0556. The van der Waals surface area contributed by atoms with Crippen molar-refractivity contribution in [2.45, 2.75) is 6.92 Å². The summed E-state index contributed by atoms with van der Waals surface area (Å²) >= 11 is 12.5. The molecule has 0 aliphatic carbocycles. The highest BCUT2D eigenvalue weighted by Gasteiger charge is 2.37. The van der Waals surface area contributed by atoms with Crippen LogP contribution in [-0.2, 0) is 9.59 Å². The van der Waals surface area contributed by atoms with Gasteiger partial charge in [-0.15, -0.1) is 0 Å². The number of aromatic hydroxyl groups is 1. The number of aryl methyl sites for hydroxylation is 1. The Hall–Kier alpha value is -2.16. The lowest BCUT2D eigenvalue weighted by molar-refractivity contribution is -0.122. The molecule has 1 aliphatic heterocycles. The van der Waals surface area contributed by atoms with Crippen LogP contribution < -0.4 is 10.2 Å². The summed E-state index contributed by atoms with van der Waals surface area (Å²) < 4.78 is 1.37. The quantitative estimate of drug-likeness (QED) is 0.455. The van der Waals surface area contributed by atoms with Gasteiger partial charge in [0, 0.05) is 14.5 Å². The zero-order valence-electron chi connectivity index (χ0n) is 13.7. The fourth-order valence-corrected chi connectivity index (χ4v) is 3.59. The molecule has 0 radical (unpaired) electrons. The van der Waals surface area contributed by atoms with Crippen molar-refractivity contribution >= 4 is 73.1 Å². The Labute approximate surface area is 176 Å². The van der Waals surface area contributed by atoms with Crippen LogP contribution in [0.5, 0.6) is 5.75 Å². The Morgan fingerprint density at radius 2 is 1.85 bits per heavy atom. The Morgan fingerprint density at radius 3 is 2.52 bits per heavy atom. The van der Waals surface area contributed by atoms with E-state index in [0.717, 1.165) is 14.9 Å². The number of benzene rings is 2. The van der Waals surface area contributed by atoms with Crippen LogP contribution in [0.15, 0.2) is 44.9 Å². The molecule has 4 amide bonds. The SMILES string of the molecule is Cc1cc(N2C(=O)NC(=O)/C(=C/c3cc(Br)cc(Cl)c3O)C2=O)ccc1Br. The molecule has 1 heterocycles. The number of imide groups is 2. The first-order valence-corrected chi connectivity index (χ1v) is 9.51. The third kappa shape index (κ3) is 3.78. The Morgan fingerprint density at radius 1 is 1.15 bits per heavy atom. The van der Waals surface area contributed by atoms with Crippen molar-refractivity contribution in [3.05, 3.63) is 61.0 Å². The minimum atomic E-state index is -0.856. The summed E-state index contributed by atoms with van der Waals surface area (Å²) in [6.45, 7) is 1.81. The molecule has 0 bridgehead atoms. The number of phenols is 1. The summed E-state index contributed by atoms with van der Waals surface area (Å²) in [6.07, 6.45) is 1.19. The number of carbonyl (C=O) groups excluding carboxylic acids is 3. The van der Waals surface area contributed by atoms with E-state index in [2.05, 4.69) is 37.2 Å². The summed E-state index contributed by atoms with van der Waals surface area (Å²) in [5.41, 5.74) is 0.980. The Kier molecular flexibility index (Phi) is 5.41. The second-order valence-corrected chi connectivity index (χ2v) is 7.89. The maximum atomic E-state index is 12.9. The van der Waals surface area contributed by atoms with Crippen LogP contribution in [-0.4, -0.2) is 23.0 Å². The number of urea groups is 1. The molecule has 3 rings (SSSR count). The number of amides is 4. The van der Waals surface area contributed by atoms with Gasteiger partial charge in [-0.2, -0.15) is 0 Å². The summed E-state index contributed by atoms with van der Waals surface area (Å²) in [7, 11) is 0. The summed E-state index contributed by atoms with van der Waals surface area (Å²) in [4.78, 5) is 38.2. The van der Waals surface area contributed by atoms with Gasteiger partial charge in [-0.05, 0) is 48.9 Å². The molecule has 0 aromatic heterocycles. The maximum Gasteiger partial charge on any atom is 0.335 e. The van der Waals surface area contributed by atoms with Crippen molar-refractivity contribution in [2.24, 2.45) is 0 Å². The third-order valence-electron chi connectivity index (χ3n) is 3.86. The number of hydrogen-bond acceptors (Lipinski definition) is 4. The minimum Gasteiger partial charge on any atom is -0.506 e. The van der Waals surface area contributed by atoms with Crippen LogP contribution >= 0.6 is 43.5 Å². The highest BCUT2D eigenvalue weighted by Crippen LogP contribution is 2.33. The predicted octanol–water partition coefficient (Wildman–Crippen LogP) is 4.55. The highest BCUT2D eigenvalue weighted by atomic mass is 79.9. The molecule has 0 spiro atoms. The molecule has 0 unspecified atom stereocenters. The molecule has 1 saturated heterocycles. The van der Waals surface area contributed by atoms with Crippen LogP contribution in [0.4, 0.5) is 10.5 Å². The number of rotatable bonds is 2. The summed E-state index contributed by atoms with van der Waals surface area (Å²) in [5, 5.41) is 12.3. The van der Waals surface area contributed by atoms with Crippen molar-refractivity contribution < 1.29 is 19.5 Å². The Bertz CT molecular complexity index is 1040. The van der Waals surface area contributed by atoms with E-state index in [1.165, 1.54) is 18.2 Å². The molecule has 27 heavy (non-hydrogen) atoms. The standard InChI is InChI=1S/C18H11Br2ClN2O4/c1-8-4-11(2-3-13(8)20)23-17(26)12(16(25)22-18(23)27)6-9-5-10(19)7-14(21)15(9)24/h2-7,24H,1H3,(H,22,25,27)/b12-6-. The lowest BCUT2D eigenvalue weighted by Gasteiger charge is -2.26. The number of nitrogens with one attached hydrogen (secondary N) is 1. The molecule has 2 aromatic rings. The summed E-state index contributed by atoms with van der Waals surface area (Å²) in [6, 6.07) is 7.05.